The summed E-state index contributed by atoms with van der Waals surface area (Å²) < 4.78 is 23.9. The van der Waals surface area contributed by atoms with Gasteiger partial charge in [-0.1, -0.05) is 0 Å². The molecule has 0 saturated carbocycles. The van der Waals surface area contributed by atoms with E-state index in [1.165, 1.54) is 0 Å². The van der Waals surface area contributed by atoms with Crippen LogP contribution in [0, 0.1) is 5.92 Å². The van der Waals surface area contributed by atoms with Gasteiger partial charge in [-0.2, -0.15) is 0 Å². The van der Waals surface area contributed by atoms with Crippen LogP contribution in [0.25, 0.3) is 0 Å². The maximum Gasteiger partial charge on any atom is 0.163 e. The van der Waals surface area contributed by atoms with E-state index in [9.17, 15) is 0 Å². The predicted molar refractivity (Wildman–Crippen MR) is 86.0 cm³/mol. The molecule has 0 aromatic rings. The summed E-state index contributed by atoms with van der Waals surface area (Å²) in [6, 6.07) is 0. The highest BCUT2D eigenvalue weighted by Crippen LogP contribution is 2.36. The molecular weight excluding hydrogens is 282 g/mol. The third kappa shape index (κ3) is 5.17. The fraction of sp³-hybridized carbons (Fsp3) is 1.00. The Hall–Kier alpha value is -0.200. The molecule has 130 valence electrons. The van der Waals surface area contributed by atoms with Crippen LogP contribution in [0.1, 0.15) is 40.5 Å². The van der Waals surface area contributed by atoms with Gasteiger partial charge in [-0.15, -0.1) is 0 Å². The van der Waals surface area contributed by atoms with Crippen molar-refractivity contribution >= 4 is 0 Å². The van der Waals surface area contributed by atoms with Crippen molar-refractivity contribution in [2.24, 2.45) is 5.92 Å². The van der Waals surface area contributed by atoms with Gasteiger partial charge in [0.1, 0.15) is 6.10 Å². The fourth-order valence-electron chi connectivity index (χ4n) is 3.32. The van der Waals surface area contributed by atoms with Gasteiger partial charge in [-0.05, 0) is 61.2 Å². The monoisotopic (exact) mass is 315 g/mol. The van der Waals surface area contributed by atoms with E-state index < -0.39 is 5.79 Å². The first-order chi connectivity index (χ1) is 10.2. The molecule has 0 aliphatic carbocycles. The SMILES string of the molecule is CN(C)CCCOC(C1COC(C)(C)C1)C1COC(C)(C)O1. The van der Waals surface area contributed by atoms with E-state index in [0.29, 0.717) is 12.5 Å². The zero-order valence-corrected chi connectivity index (χ0v) is 15.1. The second kappa shape index (κ2) is 7.14. The van der Waals surface area contributed by atoms with E-state index in [4.69, 9.17) is 18.9 Å². The van der Waals surface area contributed by atoms with Crippen molar-refractivity contribution in [3.05, 3.63) is 0 Å². The number of nitrogens with zero attached hydrogens (tertiary/aromatic N) is 1. The molecule has 0 aromatic carbocycles. The lowest BCUT2D eigenvalue weighted by atomic mass is 9.90. The van der Waals surface area contributed by atoms with E-state index in [0.717, 1.165) is 32.6 Å². The Bertz CT molecular complexity index is 331. The molecule has 0 N–H and O–H groups in total. The van der Waals surface area contributed by atoms with Crippen LogP contribution in [0.15, 0.2) is 0 Å². The van der Waals surface area contributed by atoms with Gasteiger partial charge in [0, 0.05) is 12.5 Å². The molecule has 3 atom stereocenters. The molecule has 3 unspecified atom stereocenters. The maximum absolute atomic E-state index is 6.24. The Morgan fingerprint density at radius 1 is 1.14 bits per heavy atom. The van der Waals surface area contributed by atoms with Crippen LogP contribution < -0.4 is 0 Å². The standard InChI is InChI=1S/C17H33NO4/c1-16(2)10-13(11-20-16)15(19-9-7-8-18(5)6)14-12-21-17(3,4)22-14/h13-15H,7-12H2,1-6H3. The van der Waals surface area contributed by atoms with E-state index in [1.807, 2.05) is 13.8 Å². The van der Waals surface area contributed by atoms with Crippen molar-refractivity contribution in [2.45, 2.75) is 64.1 Å². The lowest BCUT2D eigenvalue weighted by molar-refractivity contribution is -0.163. The summed E-state index contributed by atoms with van der Waals surface area (Å²) in [6.07, 6.45) is 2.07. The molecule has 5 nitrogen and oxygen atoms in total. The van der Waals surface area contributed by atoms with Crippen molar-refractivity contribution in [1.82, 2.24) is 4.90 Å². The minimum Gasteiger partial charge on any atom is -0.375 e. The Kier molecular flexibility index (Phi) is 5.89. The first-order valence-electron chi connectivity index (χ1n) is 8.41. The minimum atomic E-state index is -0.509. The number of ether oxygens (including phenoxy) is 4. The number of hydrogen-bond acceptors (Lipinski definition) is 5. The minimum absolute atomic E-state index is 0.00291. The van der Waals surface area contributed by atoms with Gasteiger partial charge in [0.05, 0.1) is 24.9 Å². The summed E-state index contributed by atoms with van der Waals surface area (Å²) in [7, 11) is 4.17. The molecule has 2 heterocycles. The smallest absolute Gasteiger partial charge is 0.163 e. The first-order valence-corrected chi connectivity index (χ1v) is 8.41. The number of rotatable bonds is 7. The third-order valence-electron chi connectivity index (χ3n) is 4.36. The quantitative estimate of drug-likeness (QED) is 0.674. The van der Waals surface area contributed by atoms with E-state index in [1.54, 1.807) is 0 Å². The van der Waals surface area contributed by atoms with E-state index in [2.05, 4.69) is 32.8 Å². The van der Waals surface area contributed by atoms with Gasteiger partial charge in [0.15, 0.2) is 5.79 Å². The summed E-state index contributed by atoms with van der Waals surface area (Å²) in [5.74, 6) is -0.137. The van der Waals surface area contributed by atoms with Crippen LogP contribution >= 0.6 is 0 Å². The molecule has 0 bridgehead atoms. The summed E-state index contributed by atoms with van der Waals surface area (Å²) >= 11 is 0. The van der Waals surface area contributed by atoms with Crippen molar-refractivity contribution in [3.8, 4) is 0 Å². The van der Waals surface area contributed by atoms with Crippen LogP contribution in [0.2, 0.25) is 0 Å². The summed E-state index contributed by atoms with van der Waals surface area (Å²) in [5.41, 5.74) is -0.0646. The Morgan fingerprint density at radius 2 is 1.86 bits per heavy atom. The van der Waals surface area contributed by atoms with Gasteiger partial charge in [0.2, 0.25) is 0 Å². The van der Waals surface area contributed by atoms with Gasteiger partial charge in [0.25, 0.3) is 0 Å². The Morgan fingerprint density at radius 3 is 2.36 bits per heavy atom. The number of hydrogen-bond donors (Lipinski definition) is 0. The summed E-state index contributed by atoms with van der Waals surface area (Å²) in [5, 5.41) is 0. The first kappa shape index (κ1) is 18.1. The normalized spacial score (nSPS) is 31.8. The molecule has 2 saturated heterocycles. The molecule has 2 aliphatic rings. The second-order valence-corrected chi connectivity index (χ2v) is 7.89. The topological polar surface area (TPSA) is 40.2 Å². The van der Waals surface area contributed by atoms with E-state index >= 15 is 0 Å². The zero-order chi connectivity index (χ0) is 16.4. The molecule has 0 spiro atoms. The zero-order valence-electron chi connectivity index (χ0n) is 15.1. The average Bonchev–Trinajstić information content (AvgIpc) is 2.91. The van der Waals surface area contributed by atoms with Gasteiger partial charge < -0.3 is 23.8 Å². The predicted octanol–water partition coefficient (Wildman–Crippen LogP) is 2.29. The van der Waals surface area contributed by atoms with Crippen LogP contribution in [0.4, 0.5) is 0 Å². The average molecular weight is 315 g/mol. The maximum atomic E-state index is 6.24. The van der Waals surface area contributed by atoms with Crippen LogP contribution in [-0.2, 0) is 18.9 Å². The molecule has 0 aromatic heterocycles. The second-order valence-electron chi connectivity index (χ2n) is 7.89. The molecule has 0 amide bonds. The Labute approximate surface area is 135 Å². The summed E-state index contributed by atoms with van der Waals surface area (Å²) in [4.78, 5) is 2.18. The van der Waals surface area contributed by atoms with Crippen molar-refractivity contribution in [3.63, 3.8) is 0 Å². The van der Waals surface area contributed by atoms with Gasteiger partial charge in [-0.25, -0.2) is 0 Å². The Balaban J connectivity index is 1.92. The largest absolute Gasteiger partial charge is 0.375 e. The van der Waals surface area contributed by atoms with Crippen LogP contribution in [-0.4, -0.2) is 69.0 Å². The third-order valence-corrected chi connectivity index (χ3v) is 4.36. The van der Waals surface area contributed by atoms with Crippen LogP contribution in [0.3, 0.4) is 0 Å². The van der Waals surface area contributed by atoms with Crippen molar-refractivity contribution < 1.29 is 18.9 Å². The fourth-order valence-corrected chi connectivity index (χ4v) is 3.32. The highest BCUT2D eigenvalue weighted by molar-refractivity contribution is 4.91. The van der Waals surface area contributed by atoms with Gasteiger partial charge in [-0.3, -0.25) is 0 Å². The molecule has 2 fully saturated rings. The lowest BCUT2D eigenvalue weighted by Gasteiger charge is -2.29. The van der Waals surface area contributed by atoms with Gasteiger partial charge >= 0.3 is 0 Å². The molecule has 2 aliphatic heterocycles. The molecule has 22 heavy (non-hydrogen) atoms. The van der Waals surface area contributed by atoms with Crippen molar-refractivity contribution in [1.29, 1.82) is 0 Å². The molecular formula is C17H33NO4. The molecule has 2 rings (SSSR count). The van der Waals surface area contributed by atoms with Crippen molar-refractivity contribution in [2.75, 3.05) is 40.5 Å². The summed E-state index contributed by atoms with van der Waals surface area (Å²) in [6.45, 7) is 11.3. The lowest BCUT2D eigenvalue weighted by Crippen LogP contribution is -2.40. The van der Waals surface area contributed by atoms with Crippen LogP contribution in [0.5, 0.6) is 0 Å². The molecule has 5 heteroatoms. The highest BCUT2D eigenvalue weighted by atomic mass is 16.7. The molecule has 0 radical (unpaired) electrons. The van der Waals surface area contributed by atoms with E-state index in [-0.39, 0.29) is 17.8 Å². The highest BCUT2D eigenvalue weighted by Gasteiger charge is 2.45.